The standard InChI is InChI=1S/C19H16O4/c1-22-17-14-11-7-6-10-13(14)15(12-8-4-3-5-9-12)16(19(20)21)18(17)23-2/h3-11H,1-2H3,(H,20,21). The fraction of sp³-hybridized carbons (Fsp3) is 0.105. The molecule has 0 radical (unpaired) electrons. The Balaban J connectivity index is 2.55. The number of carbonyl (C=O) groups is 1. The van der Waals surface area contributed by atoms with Crippen molar-refractivity contribution in [2.45, 2.75) is 0 Å². The summed E-state index contributed by atoms with van der Waals surface area (Å²) in [5.41, 5.74) is 1.56. The van der Waals surface area contributed by atoms with Crippen LogP contribution in [0.15, 0.2) is 54.6 Å². The van der Waals surface area contributed by atoms with Crippen LogP contribution >= 0.6 is 0 Å². The number of benzene rings is 3. The number of hydrogen-bond donors (Lipinski definition) is 1. The summed E-state index contributed by atoms with van der Waals surface area (Å²) in [7, 11) is 2.96. The van der Waals surface area contributed by atoms with Crippen molar-refractivity contribution in [1.29, 1.82) is 0 Å². The molecule has 0 heterocycles. The summed E-state index contributed by atoms with van der Waals surface area (Å²) in [6, 6.07) is 17.0. The lowest BCUT2D eigenvalue weighted by Gasteiger charge is -2.18. The molecule has 4 heteroatoms. The quantitative estimate of drug-likeness (QED) is 0.784. The van der Waals surface area contributed by atoms with Crippen LogP contribution in [-0.4, -0.2) is 25.3 Å². The summed E-state index contributed by atoms with van der Waals surface area (Å²) in [6.45, 7) is 0. The molecule has 3 rings (SSSR count). The topological polar surface area (TPSA) is 55.8 Å². The van der Waals surface area contributed by atoms with Gasteiger partial charge in [-0.25, -0.2) is 4.79 Å². The first-order chi connectivity index (χ1) is 11.2. The average Bonchev–Trinajstić information content (AvgIpc) is 2.60. The lowest BCUT2D eigenvalue weighted by molar-refractivity contribution is 0.0693. The summed E-state index contributed by atoms with van der Waals surface area (Å²) in [4.78, 5) is 12.0. The zero-order valence-corrected chi connectivity index (χ0v) is 12.9. The lowest BCUT2D eigenvalue weighted by Crippen LogP contribution is -2.06. The van der Waals surface area contributed by atoms with Crippen molar-refractivity contribution in [3.63, 3.8) is 0 Å². The van der Waals surface area contributed by atoms with Crippen LogP contribution < -0.4 is 9.47 Å². The molecule has 0 saturated carbocycles. The Bertz CT molecular complexity index is 869. The van der Waals surface area contributed by atoms with E-state index in [2.05, 4.69) is 0 Å². The Morgan fingerprint density at radius 3 is 1.96 bits per heavy atom. The number of carboxylic acids is 1. The Labute approximate surface area is 133 Å². The fourth-order valence-electron chi connectivity index (χ4n) is 2.89. The molecule has 23 heavy (non-hydrogen) atoms. The Morgan fingerprint density at radius 1 is 0.826 bits per heavy atom. The second kappa shape index (κ2) is 6.01. The van der Waals surface area contributed by atoms with Crippen LogP contribution in [0, 0.1) is 0 Å². The van der Waals surface area contributed by atoms with Crippen molar-refractivity contribution in [2.75, 3.05) is 14.2 Å². The van der Waals surface area contributed by atoms with E-state index >= 15 is 0 Å². The highest BCUT2D eigenvalue weighted by molar-refractivity contribution is 6.12. The van der Waals surface area contributed by atoms with Gasteiger partial charge >= 0.3 is 5.97 Å². The smallest absolute Gasteiger partial charge is 0.340 e. The number of carboxylic acid groups (broad SMARTS) is 1. The molecule has 4 nitrogen and oxygen atoms in total. The van der Waals surface area contributed by atoms with Crippen LogP contribution in [0.5, 0.6) is 11.5 Å². The van der Waals surface area contributed by atoms with Crippen LogP contribution in [0.1, 0.15) is 10.4 Å². The molecule has 1 N–H and O–H groups in total. The fourth-order valence-corrected chi connectivity index (χ4v) is 2.89. The van der Waals surface area contributed by atoms with Crippen LogP contribution in [0.4, 0.5) is 0 Å². The Morgan fingerprint density at radius 2 is 1.39 bits per heavy atom. The van der Waals surface area contributed by atoms with Crippen molar-refractivity contribution in [3.8, 4) is 22.6 Å². The molecule has 0 amide bonds. The number of hydrogen-bond acceptors (Lipinski definition) is 3. The van der Waals surface area contributed by atoms with E-state index in [4.69, 9.17) is 9.47 Å². The number of aromatic carboxylic acids is 1. The second-order valence-corrected chi connectivity index (χ2v) is 5.03. The van der Waals surface area contributed by atoms with Gasteiger partial charge < -0.3 is 14.6 Å². The van der Waals surface area contributed by atoms with Gasteiger partial charge in [-0.05, 0) is 10.9 Å². The molecule has 0 atom stereocenters. The number of methoxy groups -OCH3 is 2. The Hall–Kier alpha value is -3.01. The molecule has 0 aromatic heterocycles. The van der Waals surface area contributed by atoms with Gasteiger partial charge in [-0.1, -0.05) is 54.6 Å². The minimum absolute atomic E-state index is 0.106. The zero-order chi connectivity index (χ0) is 16.4. The van der Waals surface area contributed by atoms with E-state index in [9.17, 15) is 9.90 Å². The van der Waals surface area contributed by atoms with Gasteiger partial charge in [0.25, 0.3) is 0 Å². The maximum absolute atomic E-state index is 12.0. The molecule has 0 unspecified atom stereocenters. The largest absolute Gasteiger partial charge is 0.492 e. The second-order valence-electron chi connectivity index (χ2n) is 5.03. The van der Waals surface area contributed by atoms with Gasteiger partial charge in [0.2, 0.25) is 0 Å². The number of rotatable bonds is 4. The van der Waals surface area contributed by atoms with E-state index < -0.39 is 5.97 Å². The first-order valence-corrected chi connectivity index (χ1v) is 7.14. The third-order valence-electron chi connectivity index (χ3n) is 3.81. The van der Waals surface area contributed by atoms with Crippen molar-refractivity contribution >= 4 is 16.7 Å². The molecule has 0 spiro atoms. The molecule has 0 aliphatic carbocycles. The van der Waals surface area contributed by atoms with Crippen LogP contribution in [0.2, 0.25) is 0 Å². The summed E-state index contributed by atoms with van der Waals surface area (Å²) >= 11 is 0. The van der Waals surface area contributed by atoms with Gasteiger partial charge in [-0.15, -0.1) is 0 Å². The molecule has 0 bridgehead atoms. The molecule has 0 saturated heterocycles. The number of fused-ring (bicyclic) bond motifs is 1. The van der Waals surface area contributed by atoms with E-state index in [0.717, 1.165) is 16.3 Å². The predicted molar refractivity (Wildman–Crippen MR) is 89.4 cm³/mol. The van der Waals surface area contributed by atoms with Gasteiger partial charge in [-0.3, -0.25) is 0 Å². The lowest BCUT2D eigenvalue weighted by atomic mass is 9.91. The normalized spacial score (nSPS) is 10.5. The molecule has 0 aliphatic rings. The predicted octanol–water partition coefficient (Wildman–Crippen LogP) is 4.22. The van der Waals surface area contributed by atoms with Crippen molar-refractivity contribution in [2.24, 2.45) is 0 Å². The monoisotopic (exact) mass is 308 g/mol. The van der Waals surface area contributed by atoms with Gasteiger partial charge in [-0.2, -0.15) is 0 Å². The third kappa shape index (κ3) is 2.38. The minimum Gasteiger partial charge on any atom is -0.492 e. The van der Waals surface area contributed by atoms with Gasteiger partial charge in [0, 0.05) is 10.9 Å². The molecule has 0 fully saturated rings. The number of ether oxygens (including phenoxy) is 2. The van der Waals surface area contributed by atoms with Crippen molar-refractivity contribution in [1.82, 2.24) is 0 Å². The maximum Gasteiger partial charge on any atom is 0.340 e. The highest BCUT2D eigenvalue weighted by atomic mass is 16.5. The van der Waals surface area contributed by atoms with E-state index in [1.165, 1.54) is 14.2 Å². The van der Waals surface area contributed by atoms with E-state index in [0.29, 0.717) is 11.3 Å². The molecule has 0 aliphatic heterocycles. The highest BCUT2D eigenvalue weighted by Crippen LogP contribution is 2.45. The van der Waals surface area contributed by atoms with Crippen molar-refractivity contribution < 1.29 is 19.4 Å². The molecule has 116 valence electrons. The summed E-state index contributed by atoms with van der Waals surface area (Å²) in [5.74, 6) is -0.387. The third-order valence-corrected chi connectivity index (χ3v) is 3.81. The van der Waals surface area contributed by atoms with Crippen LogP contribution in [0.25, 0.3) is 21.9 Å². The Kier molecular flexibility index (Phi) is 3.89. The zero-order valence-electron chi connectivity index (χ0n) is 12.9. The first kappa shape index (κ1) is 14.9. The summed E-state index contributed by atoms with van der Waals surface area (Å²) in [6.07, 6.45) is 0. The molecule has 3 aromatic carbocycles. The maximum atomic E-state index is 12.0. The van der Waals surface area contributed by atoms with Gasteiger partial charge in [0.1, 0.15) is 5.56 Å². The SMILES string of the molecule is COc1c(C(=O)O)c(-c2ccccc2)c2ccccc2c1OC. The van der Waals surface area contributed by atoms with Crippen LogP contribution in [-0.2, 0) is 0 Å². The van der Waals surface area contributed by atoms with E-state index in [1.54, 1.807) is 0 Å². The average molecular weight is 308 g/mol. The molecule has 3 aromatic rings. The summed E-state index contributed by atoms with van der Waals surface area (Å²) < 4.78 is 10.8. The van der Waals surface area contributed by atoms with Crippen LogP contribution in [0.3, 0.4) is 0 Å². The van der Waals surface area contributed by atoms with Gasteiger partial charge in [0.15, 0.2) is 11.5 Å². The molecular weight excluding hydrogens is 292 g/mol. The first-order valence-electron chi connectivity index (χ1n) is 7.14. The van der Waals surface area contributed by atoms with Gasteiger partial charge in [0.05, 0.1) is 14.2 Å². The van der Waals surface area contributed by atoms with E-state index in [1.807, 2.05) is 54.6 Å². The van der Waals surface area contributed by atoms with E-state index in [-0.39, 0.29) is 11.3 Å². The summed E-state index contributed by atoms with van der Waals surface area (Å²) in [5, 5.41) is 11.4. The van der Waals surface area contributed by atoms with Crippen molar-refractivity contribution in [3.05, 3.63) is 60.2 Å². The highest BCUT2D eigenvalue weighted by Gasteiger charge is 2.26. The minimum atomic E-state index is -1.05. The molecular formula is C19H16O4.